The molecule has 0 bridgehead atoms. The lowest BCUT2D eigenvalue weighted by molar-refractivity contribution is 0.296. The van der Waals surface area contributed by atoms with E-state index in [0.29, 0.717) is 25.1 Å². The van der Waals surface area contributed by atoms with E-state index in [2.05, 4.69) is 6.07 Å². The average molecular weight is 250 g/mol. The SMILES string of the molecule is CN(CCc1cc(F)ccc1F)CC1(C#N)CC1. The number of likely N-dealkylation sites (N-methyl/N-ethyl adjacent to an activating group) is 1. The lowest BCUT2D eigenvalue weighted by Gasteiger charge is -2.19. The molecule has 4 heteroatoms. The normalized spacial score (nSPS) is 16.6. The van der Waals surface area contributed by atoms with Gasteiger partial charge in [0.25, 0.3) is 0 Å². The van der Waals surface area contributed by atoms with Gasteiger partial charge in [0.1, 0.15) is 11.6 Å². The fourth-order valence-corrected chi connectivity index (χ4v) is 2.10. The van der Waals surface area contributed by atoms with E-state index in [1.165, 1.54) is 6.07 Å². The maximum atomic E-state index is 13.4. The third-order valence-corrected chi connectivity index (χ3v) is 3.43. The minimum Gasteiger partial charge on any atom is -0.304 e. The van der Waals surface area contributed by atoms with Crippen molar-refractivity contribution in [2.75, 3.05) is 20.1 Å². The number of benzene rings is 1. The highest BCUT2D eigenvalue weighted by Gasteiger charge is 2.43. The summed E-state index contributed by atoms with van der Waals surface area (Å²) in [6.07, 6.45) is 2.35. The molecule has 0 amide bonds. The number of nitrogens with zero attached hydrogens (tertiary/aromatic N) is 2. The van der Waals surface area contributed by atoms with Crippen LogP contribution in [0.15, 0.2) is 18.2 Å². The van der Waals surface area contributed by atoms with Crippen molar-refractivity contribution in [1.82, 2.24) is 4.90 Å². The van der Waals surface area contributed by atoms with Gasteiger partial charge < -0.3 is 4.90 Å². The summed E-state index contributed by atoms with van der Waals surface area (Å²) in [5, 5.41) is 8.98. The van der Waals surface area contributed by atoms with E-state index in [4.69, 9.17) is 5.26 Å². The Morgan fingerprint density at radius 3 is 2.72 bits per heavy atom. The molecule has 0 saturated heterocycles. The quantitative estimate of drug-likeness (QED) is 0.803. The smallest absolute Gasteiger partial charge is 0.126 e. The second-order valence-corrected chi connectivity index (χ2v) is 5.12. The largest absolute Gasteiger partial charge is 0.304 e. The van der Waals surface area contributed by atoms with Crippen LogP contribution in [0.3, 0.4) is 0 Å². The molecule has 1 aliphatic carbocycles. The van der Waals surface area contributed by atoms with E-state index in [9.17, 15) is 8.78 Å². The molecule has 1 fully saturated rings. The first-order valence-electron chi connectivity index (χ1n) is 6.08. The summed E-state index contributed by atoms with van der Waals surface area (Å²) in [7, 11) is 1.91. The topological polar surface area (TPSA) is 27.0 Å². The first kappa shape index (κ1) is 13.0. The molecule has 0 aromatic heterocycles. The summed E-state index contributed by atoms with van der Waals surface area (Å²) < 4.78 is 26.4. The van der Waals surface area contributed by atoms with Gasteiger partial charge >= 0.3 is 0 Å². The minimum absolute atomic E-state index is 0.185. The van der Waals surface area contributed by atoms with Crippen molar-refractivity contribution in [1.29, 1.82) is 5.26 Å². The number of rotatable bonds is 5. The third kappa shape index (κ3) is 3.05. The molecular formula is C14H16F2N2. The zero-order valence-electron chi connectivity index (χ0n) is 10.4. The van der Waals surface area contributed by atoms with E-state index < -0.39 is 5.82 Å². The van der Waals surface area contributed by atoms with Gasteiger partial charge in [0, 0.05) is 13.1 Å². The highest BCUT2D eigenvalue weighted by atomic mass is 19.1. The van der Waals surface area contributed by atoms with Crippen molar-refractivity contribution in [2.24, 2.45) is 5.41 Å². The van der Waals surface area contributed by atoms with Crippen LogP contribution < -0.4 is 0 Å². The second kappa shape index (κ2) is 5.03. The molecule has 2 rings (SSSR count). The van der Waals surface area contributed by atoms with Crippen molar-refractivity contribution in [3.8, 4) is 6.07 Å². The number of hydrogen-bond acceptors (Lipinski definition) is 2. The Morgan fingerprint density at radius 2 is 2.11 bits per heavy atom. The molecule has 0 radical (unpaired) electrons. The standard InChI is InChI=1S/C14H16F2N2/c1-18(10-14(9-17)5-6-14)7-4-11-8-12(15)2-3-13(11)16/h2-3,8H,4-7,10H2,1H3. The van der Waals surface area contributed by atoms with E-state index in [1.54, 1.807) is 0 Å². The van der Waals surface area contributed by atoms with E-state index in [-0.39, 0.29) is 11.2 Å². The van der Waals surface area contributed by atoms with Gasteiger partial charge in [-0.05, 0) is 50.1 Å². The maximum Gasteiger partial charge on any atom is 0.126 e. The van der Waals surface area contributed by atoms with Crippen LogP contribution in [0.25, 0.3) is 0 Å². The summed E-state index contributed by atoms with van der Waals surface area (Å²) in [5.74, 6) is -0.782. The molecule has 1 aromatic rings. The lowest BCUT2D eigenvalue weighted by Crippen LogP contribution is -2.28. The fourth-order valence-electron chi connectivity index (χ4n) is 2.10. The molecule has 18 heavy (non-hydrogen) atoms. The molecule has 1 saturated carbocycles. The molecule has 1 aliphatic rings. The minimum atomic E-state index is -0.412. The highest BCUT2D eigenvalue weighted by Crippen LogP contribution is 2.45. The summed E-state index contributed by atoms with van der Waals surface area (Å²) in [6, 6.07) is 5.84. The van der Waals surface area contributed by atoms with Crippen LogP contribution in [0.5, 0.6) is 0 Å². The Labute approximate surface area is 106 Å². The van der Waals surface area contributed by atoms with Crippen LogP contribution in [0, 0.1) is 28.4 Å². The number of nitriles is 1. The average Bonchev–Trinajstić information content (AvgIpc) is 3.11. The van der Waals surface area contributed by atoms with E-state index >= 15 is 0 Å². The Balaban J connectivity index is 1.87. The van der Waals surface area contributed by atoms with Crippen LogP contribution >= 0.6 is 0 Å². The number of hydrogen-bond donors (Lipinski definition) is 0. The second-order valence-electron chi connectivity index (χ2n) is 5.12. The first-order valence-corrected chi connectivity index (χ1v) is 6.08. The van der Waals surface area contributed by atoms with Crippen LogP contribution in [0.1, 0.15) is 18.4 Å². The van der Waals surface area contributed by atoms with Gasteiger partial charge in [-0.3, -0.25) is 0 Å². The Bertz CT molecular complexity index is 475. The molecule has 0 unspecified atom stereocenters. The molecule has 1 aromatic carbocycles. The lowest BCUT2D eigenvalue weighted by atomic mass is 10.1. The van der Waals surface area contributed by atoms with Crippen molar-refractivity contribution >= 4 is 0 Å². The van der Waals surface area contributed by atoms with Crippen molar-refractivity contribution in [3.63, 3.8) is 0 Å². The Morgan fingerprint density at radius 1 is 1.39 bits per heavy atom. The number of halogens is 2. The fraction of sp³-hybridized carbons (Fsp3) is 0.500. The molecule has 0 N–H and O–H groups in total. The molecular weight excluding hydrogens is 234 g/mol. The molecule has 96 valence electrons. The highest BCUT2D eigenvalue weighted by molar-refractivity contribution is 5.19. The van der Waals surface area contributed by atoms with Gasteiger partial charge in [0.15, 0.2) is 0 Å². The van der Waals surface area contributed by atoms with Crippen LogP contribution in [-0.2, 0) is 6.42 Å². The Hall–Kier alpha value is -1.47. The van der Waals surface area contributed by atoms with Gasteiger partial charge in [-0.15, -0.1) is 0 Å². The van der Waals surface area contributed by atoms with Crippen LogP contribution in [0.2, 0.25) is 0 Å². The predicted molar refractivity (Wildman–Crippen MR) is 64.8 cm³/mol. The first-order chi connectivity index (χ1) is 8.54. The van der Waals surface area contributed by atoms with Crippen LogP contribution in [-0.4, -0.2) is 25.0 Å². The van der Waals surface area contributed by atoms with Gasteiger partial charge in [0.2, 0.25) is 0 Å². The summed E-state index contributed by atoms with van der Waals surface area (Å²) in [5.41, 5.74) is 0.207. The zero-order valence-corrected chi connectivity index (χ0v) is 10.4. The zero-order chi connectivity index (χ0) is 13.2. The van der Waals surface area contributed by atoms with E-state index in [0.717, 1.165) is 25.0 Å². The van der Waals surface area contributed by atoms with Gasteiger partial charge in [0.05, 0.1) is 11.5 Å². The summed E-state index contributed by atoms with van der Waals surface area (Å²) in [4.78, 5) is 2.01. The van der Waals surface area contributed by atoms with Crippen molar-refractivity contribution in [3.05, 3.63) is 35.4 Å². The van der Waals surface area contributed by atoms with Crippen molar-refractivity contribution < 1.29 is 8.78 Å². The predicted octanol–water partition coefficient (Wildman–Crippen LogP) is 2.74. The third-order valence-electron chi connectivity index (χ3n) is 3.43. The Kier molecular flexibility index (Phi) is 3.63. The van der Waals surface area contributed by atoms with Gasteiger partial charge in [-0.1, -0.05) is 0 Å². The molecule has 0 aliphatic heterocycles. The molecule has 0 spiro atoms. The molecule has 2 nitrogen and oxygen atoms in total. The van der Waals surface area contributed by atoms with Gasteiger partial charge in [-0.25, -0.2) is 8.78 Å². The monoisotopic (exact) mass is 250 g/mol. The van der Waals surface area contributed by atoms with Gasteiger partial charge in [-0.2, -0.15) is 5.26 Å². The van der Waals surface area contributed by atoms with Crippen molar-refractivity contribution in [2.45, 2.75) is 19.3 Å². The summed E-state index contributed by atoms with van der Waals surface area (Å²) >= 11 is 0. The molecule has 0 atom stereocenters. The summed E-state index contributed by atoms with van der Waals surface area (Å²) in [6.45, 7) is 1.34. The molecule has 0 heterocycles. The van der Waals surface area contributed by atoms with E-state index in [1.807, 2.05) is 11.9 Å². The van der Waals surface area contributed by atoms with Crippen LogP contribution in [0.4, 0.5) is 8.78 Å². The maximum absolute atomic E-state index is 13.4.